The summed E-state index contributed by atoms with van der Waals surface area (Å²) in [5.41, 5.74) is 0.682. The summed E-state index contributed by atoms with van der Waals surface area (Å²) in [7, 11) is 1.35. The van der Waals surface area contributed by atoms with Gasteiger partial charge in [-0.1, -0.05) is 19.0 Å². The highest BCUT2D eigenvalue weighted by atomic mass is 16.5. The molecule has 94 valence electrons. The number of carbonyl (C=O) groups excluding carboxylic acids is 2. The molecule has 0 N–H and O–H groups in total. The lowest BCUT2D eigenvalue weighted by Gasteiger charge is -2.14. The van der Waals surface area contributed by atoms with Crippen LogP contribution < -0.4 is 0 Å². The van der Waals surface area contributed by atoms with Crippen LogP contribution in [0.1, 0.15) is 37.6 Å². The number of esters is 1. The van der Waals surface area contributed by atoms with E-state index in [1.807, 2.05) is 13.8 Å². The van der Waals surface area contributed by atoms with E-state index >= 15 is 0 Å². The van der Waals surface area contributed by atoms with Crippen molar-refractivity contribution < 1.29 is 18.8 Å². The Labute approximate surface area is 100 Å². The Balaban J connectivity index is 2.84. The molecule has 1 rings (SSSR count). The number of aryl methyl sites for hydroxylation is 1. The maximum Gasteiger partial charge on any atom is 0.316 e. The third-order valence-electron chi connectivity index (χ3n) is 2.52. The molecule has 1 atom stereocenters. The van der Waals surface area contributed by atoms with Crippen LogP contribution in [0.15, 0.2) is 10.6 Å². The highest BCUT2D eigenvalue weighted by molar-refractivity contribution is 5.77. The van der Waals surface area contributed by atoms with Crippen LogP contribution in [0.5, 0.6) is 0 Å². The molecule has 0 radical (unpaired) electrons. The summed E-state index contributed by atoms with van der Waals surface area (Å²) < 4.78 is 9.88. The van der Waals surface area contributed by atoms with Crippen LogP contribution in [-0.4, -0.2) is 24.5 Å². The van der Waals surface area contributed by atoms with Crippen molar-refractivity contribution in [3.63, 3.8) is 0 Å². The van der Waals surface area contributed by atoms with Crippen LogP contribution in [-0.2, 0) is 20.7 Å². The molecule has 1 aromatic heterocycles. The van der Waals surface area contributed by atoms with Crippen molar-refractivity contribution in [3.8, 4) is 0 Å². The van der Waals surface area contributed by atoms with Crippen LogP contribution >= 0.6 is 0 Å². The fourth-order valence-corrected chi connectivity index (χ4v) is 1.64. The molecule has 0 aliphatic rings. The molecule has 1 unspecified atom stereocenters. The molecule has 0 aliphatic heterocycles. The van der Waals surface area contributed by atoms with Crippen LogP contribution in [0.25, 0.3) is 0 Å². The van der Waals surface area contributed by atoms with Gasteiger partial charge in [-0.25, -0.2) is 0 Å². The van der Waals surface area contributed by atoms with Gasteiger partial charge in [0.1, 0.15) is 12.2 Å². The summed E-state index contributed by atoms with van der Waals surface area (Å²) in [6, 6.07) is 1.71. The molecule has 0 saturated heterocycles. The molecule has 0 aromatic carbocycles. The average molecular weight is 239 g/mol. The van der Waals surface area contributed by atoms with Crippen LogP contribution in [0, 0.1) is 5.92 Å². The molecule has 0 aliphatic carbocycles. The fraction of sp³-hybridized carbons (Fsp3) is 0.583. The second-order valence-corrected chi connectivity index (χ2v) is 4.17. The Bertz CT molecular complexity index is 384. The molecule has 0 saturated carbocycles. The molecule has 17 heavy (non-hydrogen) atoms. The van der Waals surface area contributed by atoms with E-state index < -0.39 is 5.92 Å². The first-order valence-electron chi connectivity index (χ1n) is 5.57. The zero-order valence-electron chi connectivity index (χ0n) is 10.3. The number of aldehydes is 1. The van der Waals surface area contributed by atoms with Gasteiger partial charge in [0.15, 0.2) is 5.76 Å². The summed E-state index contributed by atoms with van der Waals surface area (Å²) in [6.07, 6.45) is 1.75. The van der Waals surface area contributed by atoms with Gasteiger partial charge in [0.05, 0.1) is 12.8 Å². The Morgan fingerprint density at radius 3 is 2.82 bits per heavy atom. The second kappa shape index (κ2) is 6.18. The van der Waals surface area contributed by atoms with Crippen LogP contribution in [0.2, 0.25) is 0 Å². The van der Waals surface area contributed by atoms with Crippen molar-refractivity contribution in [2.24, 2.45) is 5.92 Å². The summed E-state index contributed by atoms with van der Waals surface area (Å²) in [4.78, 5) is 21.9. The number of hydrogen-bond donors (Lipinski definition) is 0. The lowest BCUT2D eigenvalue weighted by Crippen LogP contribution is -2.19. The maximum atomic E-state index is 11.6. The normalized spacial score (nSPS) is 12.5. The van der Waals surface area contributed by atoms with Gasteiger partial charge in [-0.2, -0.15) is 0 Å². The fourth-order valence-electron chi connectivity index (χ4n) is 1.64. The molecule has 5 heteroatoms. The summed E-state index contributed by atoms with van der Waals surface area (Å²) in [5, 5.41) is 3.83. The van der Waals surface area contributed by atoms with Crippen LogP contribution in [0.4, 0.5) is 0 Å². The largest absolute Gasteiger partial charge is 0.468 e. The van der Waals surface area contributed by atoms with Gasteiger partial charge < -0.3 is 14.1 Å². The molecule has 0 amide bonds. The number of rotatable bonds is 6. The lowest BCUT2D eigenvalue weighted by molar-refractivity contribution is -0.144. The Hall–Kier alpha value is -1.65. The number of nitrogens with zero attached hydrogens (tertiary/aromatic N) is 1. The standard InChI is InChI=1S/C12H17NO4/c1-8(2)11(12(15)16-3)10-7-9(13-17-10)5-4-6-14/h6-8,11H,4-5H2,1-3H3. The zero-order chi connectivity index (χ0) is 12.8. The third kappa shape index (κ3) is 3.41. The molecule has 0 fully saturated rings. The molecule has 5 nitrogen and oxygen atoms in total. The van der Waals surface area contributed by atoms with Crippen molar-refractivity contribution in [3.05, 3.63) is 17.5 Å². The first-order chi connectivity index (χ1) is 8.10. The summed E-state index contributed by atoms with van der Waals surface area (Å²) >= 11 is 0. The van der Waals surface area contributed by atoms with E-state index in [0.29, 0.717) is 24.3 Å². The number of aromatic nitrogens is 1. The SMILES string of the molecule is COC(=O)C(c1cc(CCC=O)no1)C(C)C. The smallest absolute Gasteiger partial charge is 0.316 e. The number of methoxy groups -OCH3 is 1. The van der Waals surface area contributed by atoms with Gasteiger partial charge in [-0.05, 0) is 12.3 Å². The van der Waals surface area contributed by atoms with Gasteiger partial charge in [-0.3, -0.25) is 4.79 Å². The number of carbonyl (C=O) groups is 2. The predicted molar refractivity (Wildman–Crippen MR) is 60.5 cm³/mol. The molecular formula is C12H17NO4. The Morgan fingerprint density at radius 1 is 1.59 bits per heavy atom. The third-order valence-corrected chi connectivity index (χ3v) is 2.52. The van der Waals surface area contributed by atoms with Gasteiger partial charge in [0.2, 0.25) is 0 Å². The number of ether oxygens (including phenoxy) is 1. The highest BCUT2D eigenvalue weighted by Crippen LogP contribution is 2.26. The van der Waals surface area contributed by atoms with Gasteiger partial charge >= 0.3 is 5.97 Å². The molecular weight excluding hydrogens is 222 g/mol. The van der Waals surface area contributed by atoms with Gasteiger partial charge in [0.25, 0.3) is 0 Å². The average Bonchev–Trinajstić information content (AvgIpc) is 2.74. The van der Waals surface area contributed by atoms with Crippen molar-refractivity contribution in [2.75, 3.05) is 7.11 Å². The predicted octanol–water partition coefficient (Wildman–Crippen LogP) is 1.72. The van der Waals surface area contributed by atoms with E-state index in [1.165, 1.54) is 7.11 Å². The minimum atomic E-state index is -0.447. The van der Waals surface area contributed by atoms with Crippen molar-refractivity contribution in [2.45, 2.75) is 32.6 Å². The first-order valence-corrected chi connectivity index (χ1v) is 5.57. The van der Waals surface area contributed by atoms with E-state index in [4.69, 9.17) is 9.26 Å². The minimum Gasteiger partial charge on any atom is -0.468 e. The van der Waals surface area contributed by atoms with Gasteiger partial charge in [0, 0.05) is 12.5 Å². The van der Waals surface area contributed by atoms with Crippen molar-refractivity contribution in [1.82, 2.24) is 5.16 Å². The summed E-state index contributed by atoms with van der Waals surface area (Å²) in [6.45, 7) is 3.82. The van der Waals surface area contributed by atoms with E-state index in [2.05, 4.69) is 5.16 Å². The van der Waals surface area contributed by atoms with Crippen LogP contribution in [0.3, 0.4) is 0 Å². The highest BCUT2D eigenvalue weighted by Gasteiger charge is 2.29. The monoisotopic (exact) mass is 239 g/mol. The maximum absolute atomic E-state index is 11.6. The lowest BCUT2D eigenvalue weighted by atomic mass is 9.93. The molecule has 0 spiro atoms. The Kier molecular flexibility index (Phi) is 4.87. The molecule has 0 bridgehead atoms. The number of hydrogen-bond acceptors (Lipinski definition) is 5. The van der Waals surface area contributed by atoms with E-state index in [-0.39, 0.29) is 11.9 Å². The summed E-state index contributed by atoms with van der Waals surface area (Å²) in [5.74, 6) is -0.224. The van der Waals surface area contributed by atoms with E-state index in [9.17, 15) is 9.59 Å². The van der Waals surface area contributed by atoms with E-state index in [0.717, 1.165) is 6.29 Å². The van der Waals surface area contributed by atoms with Crippen molar-refractivity contribution >= 4 is 12.3 Å². The second-order valence-electron chi connectivity index (χ2n) is 4.17. The molecule has 1 aromatic rings. The first kappa shape index (κ1) is 13.4. The molecule has 1 heterocycles. The van der Waals surface area contributed by atoms with E-state index in [1.54, 1.807) is 6.07 Å². The van der Waals surface area contributed by atoms with Gasteiger partial charge in [-0.15, -0.1) is 0 Å². The van der Waals surface area contributed by atoms with Crippen molar-refractivity contribution in [1.29, 1.82) is 0 Å². The quantitative estimate of drug-likeness (QED) is 0.558. The zero-order valence-corrected chi connectivity index (χ0v) is 10.3. The minimum absolute atomic E-state index is 0.0642. The topological polar surface area (TPSA) is 69.4 Å². The Morgan fingerprint density at radius 2 is 2.29 bits per heavy atom.